The Balaban J connectivity index is 2.38. The Hall–Kier alpha value is -0.900. The molecule has 0 aliphatic heterocycles. The van der Waals surface area contributed by atoms with Gasteiger partial charge in [0.25, 0.3) is 0 Å². The Labute approximate surface area is 105 Å². The number of hydrogen-bond acceptors (Lipinski definition) is 3. The summed E-state index contributed by atoms with van der Waals surface area (Å²) in [7, 11) is 0. The molecular formula is C14H24N2O. The molecule has 1 rings (SSSR count). The lowest BCUT2D eigenvalue weighted by molar-refractivity contribution is 0.0434. The zero-order chi connectivity index (χ0) is 12.5. The van der Waals surface area contributed by atoms with E-state index in [2.05, 4.69) is 30.9 Å². The summed E-state index contributed by atoms with van der Waals surface area (Å²) >= 11 is 0. The largest absolute Gasteiger partial charge is 0.371 e. The van der Waals surface area contributed by atoms with Gasteiger partial charge in [-0.15, -0.1) is 0 Å². The van der Waals surface area contributed by atoms with Crippen LogP contribution in [-0.4, -0.2) is 37.7 Å². The van der Waals surface area contributed by atoms with Gasteiger partial charge in [0.2, 0.25) is 0 Å². The maximum atomic E-state index is 5.84. The van der Waals surface area contributed by atoms with Crippen molar-refractivity contribution in [3.63, 3.8) is 0 Å². The summed E-state index contributed by atoms with van der Waals surface area (Å²) in [5.41, 5.74) is 6.91. The maximum Gasteiger partial charge on any atom is 0.0947 e. The molecule has 3 nitrogen and oxygen atoms in total. The van der Waals surface area contributed by atoms with Gasteiger partial charge in [-0.2, -0.15) is 0 Å². The molecule has 0 heterocycles. The second kappa shape index (κ2) is 8.23. The van der Waals surface area contributed by atoms with Gasteiger partial charge in [-0.05, 0) is 18.7 Å². The summed E-state index contributed by atoms with van der Waals surface area (Å²) in [6.07, 6.45) is 0.0202. The Morgan fingerprint density at radius 2 is 1.82 bits per heavy atom. The normalized spacial score (nSPS) is 12.9. The fourth-order valence-corrected chi connectivity index (χ4v) is 1.83. The summed E-state index contributed by atoms with van der Waals surface area (Å²) in [6, 6.07) is 10.2. The lowest BCUT2D eigenvalue weighted by atomic mass is 10.1. The predicted octanol–water partition coefficient (Wildman–Crippen LogP) is 2.04. The van der Waals surface area contributed by atoms with Crippen molar-refractivity contribution in [3.05, 3.63) is 35.9 Å². The summed E-state index contributed by atoms with van der Waals surface area (Å²) in [5, 5.41) is 0. The molecule has 1 aromatic carbocycles. The molecule has 0 aliphatic rings. The van der Waals surface area contributed by atoms with Crippen LogP contribution in [0.15, 0.2) is 30.3 Å². The fourth-order valence-electron chi connectivity index (χ4n) is 1.83. The van der Waals surface area contributed by atoms with Gasteiger partial charge in [-0.25, -0.2) is 0 Å². The highest BCUT2D eigenvalue weighted by Gasteiger charge is 2.09. The van der Waals surface area contributed by atoms with E-state index in [1.165, 1.54) is 0 Å². The van der Waals surface area contributed by atoms with Crippen LogP contribution in [0.5, 0.6) is 0 Å². The molecule has 0 fully saturated rings. The molecule has 0 amide bonds. The first-order valence-electron chi connectivity index (χ1n) is 6.40. The molecule has 1 unspecified atom stereocenters. The van der Waals surface area contributed by atoms with Gasteiger partial charge >= 0.3 is 0 Å². The van der Waals surface area contributed by atoms with Crippen molar-refractivity contribution >= 4 is 0 Å². The van der Waals surface area contributed by atoms with Crippen molar-refractivity contribution in [2.45, 2.75) is 20.0 Å². The van der Waals surface area contributed by atoms with Crippen LogP contribution in [0.1, 0.15) is 25.5 Å². The van der Waals surface area contributed by atoms with E-state index in [9.17, 15) is 0 Å². The lowest BCUT2D eigenvalue weighted by Crippen LogP contribution is -2.28. The SMILES string of the molecule is CCN(CC)CCOC(CN)c1ccccc1. The van der Waals surface area contributed by atoms with Gasteiger partial charge in [0.1, 0.15) is 0 Å². The van der Waals surface area contributed by atoms with Crippen molar-refractivity contribution in [1.29, 1.82) is 0 Å². The van der Waals surface area contributed by atoms with Gasteiger partial charge in [-0.1, -0.05) is 44.2 Å². The molecule has 0 saturated carbocycles. The molecule has 1 aromatic rings. The highest BCUT2D eigenvalue weighted by molar-refractivity contribution is 5.17. The summed E-state index contributed by atoms with van der Waals surface area (Å²) < 4.78 is 5.84. The smallest absolute Gasteiger partial charge is 0.0947 e. The average molecular weight is 236 g/mol. The third kappa shape index (κ3) is 4.86. The van der Waals surface area contributed by atoms with Crippen molar-refractivity contribution in [2.24, 2.45) is 5.73 Å². The summed E-state index contributed by atoms with van der Waals surface area (Å²) in [4.78, 5) is 2.35. The highest BCUT2D eigenvalue weighted by Crippen LogP contribution is 2.15. The van der Waals surface area contributed by atoms with E-state index in [1.54, 1.807) is 0 Å². The monoisotopic (exact) mass is 236 g/mol. The topological polar surface area (TPSA) is 38.5 Å². The first-order chi connectivity index (χ1) is 8.31. The predicted molar refractivity (Wildman–Crippen MR) is 72.0 cm³/mol. The third-order valence-electron chi connectivity index (χ3n) is 3.01. The Morgan fingerprint density at radius 3 is 2.35 bits per heavy atom. The van der Waals surface area contributed by atoms with Crippen LogP contribution in [0.25, 0.3) is 0 Å². The number of rotatable bonds is 8. The minimum absolute atomic E-state index is 0.0202. The number of nitrogens with two attached hydrogens (primary N) is 1. The van der Waals surface area contributed by atoms with Gasteiger partial charge < -0.3 is 15.4 Å². The van der Waals surface area contributed by atoms with Crippen molar-refractivity contribution in [2.75, 3.05) is 32.8 Å². The minimum Gasteiger partial charge on any atom is -0.371 e. The van der Waals surface area contributed by atoms with E-state index in [0.717, 1.165) is 31.8 Å². The summed E-state index contributed by atoms with van der Waals surface area (Å²) in [6.45, 7) is 8.70. The van der Waals surface area contributed by atoms with Crippen molar-refractivity contribution in [3.8, 4) is 0 Å². The molecule has 1 atom stereocenters. The van der Waals surface area contributed by atoms with E-state index in [-0.39, 0.29) is 6.10 Å². The molecule has 0 spiro atoms. The molecule has 17 heavy (non-hydrogen) atoms. The first-order valence-corrected chi connectivity index (χ1v) is 6.40. The molecule has 0 aromatic heterocycles. The van der Waals surface area contributed by atoms with Crippen LogP contribution >= 0.6 is 0 Å². The van der Waals surface area contributed by atoms with E-state index < -0.39 is 0 Å². The third-order valence-corrected chi connectivity index (χ3v) is 3.01. The van der Waals surface area contributed by atoms with E-state index in [0.29, 0.717) is 6.54 Å². The zero-order valence-corrected chi connectivity index (χ0v) is 10.9. The zero-order valence-electron chi connectivity index (χ0n) is 10.9. The molecule has 3 heteroatoms. The highest BCUT2D eigenvalue weighted by atomic mass is 16.5. The standard InChI is InChI=1S/C14H24N2O/c1-3-16(4-2)10-11-17-14(12-15)13-8-6-5-7-9-13/h5-9,14H,3-4,10-12,15H2,1-2H3. The number of likely N-dealkylation sites (N-methyl/N-ethyl adjacent to an activating group) is 1. The second-order valence-electron chi connectivity index (χ2n) is 4.03. The lowest BCUT2D eigenvalue weighted by Gasteiger charge is -2.21. The van der Waals surface area contributed by atoms with Crippen LogP contribution in [0.3, 0.4) is 0 Å². The Bertz CT molecular complexity index is 286. The van der Waals surface area contributed by atoms with Crippen LogP contribution in [0, 0.1) is 0 Å². The number of hydrogen-bond donors (Lipinski definition) is 1. The number of ether oxygens (including phenoxy) is 1. The molecule has 0 saturated heterocycles. The first kappa shape index (κ1) is 14.2. The minimum atomic E-state index is 0.0202. The van der Waals surface area contributed by atoms with Crippen molar-refractivity contribution < 1.29 is 4.74 Å². The number of nitrogens with zero attached hydrogens (tertiary/aromatic N) is 1. The van der Waals surface area contributed by atoms with E-state index in [1.807, 2.05) is 18.2 Å². The fraction of sp³-hybridized carbons (Fsp3) is 0.571. The van der Waals surface area contributed by atoms with Gasteiger partial charge in [-0.3, -0.25) is 0 Å². The quantitative estimate of drug-likeness (QED) is 0.750. The van der Waals surface area contributed by atoms with Crippen LogP contribution in [0.4, 0.5) is 0 Å². The number of benzene rings is 1. The van der Waals surface area contributed by atoms with Crippen LogP contribution in [-0.2, 0) is 4.74 Å². The van der Waals surface area contributed by atoms with Crippen LogP contribution in [0.2, 0.25) is 0 Å². The van der Waals surface area contributed by atoms with E-state index in [4.69, 9.17) is 10.5 Å². The maximum absolute atomic E-state index is 5.84. The average Bonchev–Trinajstić information content (AvgIpc) is 2.40. The molecule has 0 aliphatic carbocycles. The Morgan fingerprint density at radius 1 is 1.18 bits per heavy atom. The molecular weight excluding hydrogens is 212 g/mol. The van der Waals surface area contributed by atoms with Crippen LogP contribution < -0.4 is 5.73 Å². The van der Waals surface area contributed by atoms with Gasteiger partial charge in [0.05, 0.1) is 12.7 Å². The molecule has 0 radical (unpaired) electrons. The second-order valence-corrected chi connectivity index (χ2v) is 4.03. The Kier molecular flexibility index (Phi) is 6.86. The van der Waals surface area contributed by atoms with Gasteiger partial charge in [0, 0.05) is 13.1 Å². The summed E-state index contributed by atoms with van der Waals surface area (Å²) in [5.74, 6) is 0. The van der Waals surface area contributed by atoms with Gasteiger partial charge in [0.15, 0.2) is 0 Å². The molecule has 96 valence electrons. The van der Waals surface area contributed by atoms with Crippen molar-refractivity contribution in [1.82, 2.24) is 4.90 Å². The van der Waals surface area contributed by atoms with E-state index >= 15 is 0 Å². The molecule has 2 N–H and O–H groups in total. The molecule has 0 bridgehead atoms.